The summed E-state index contributed by atoms with van der Waals surface area (Å²) in [6.45, 7) is 4.46. The summed E-state index contributed by atoms with van der Waals surface area (Å²) in [4.78, 5) is 17.0. The molecule has 0 radical (unpaired) electrons. The number of thiophene rings is 1. The smallest absolute Gasteiger partial charge is 0.309 e. The maximum Gasteiger partial charge on any atom is 0.309 e. The number of hydrogen-bond donors (Lipinski definition) is 0. The number of nitrogens with zero attached hydrogens (tertiary/aromatic N) is 1. The number of aryl methyl sites for hydroxylation is 2. The van der Waals surface area contributed by atoms with E-state index in [0.717, 1.165) is 27.6 Å². The highest BCUT2D eigenvalue weighted by Gasteiger charge is 2.13. The van der Waals surface area contributed by atoms with E-state index in [0.29, 0.717) is 18.9 Å². The molecule has 0 fully saturated rings. The number of aromatic nitrogens is 1. The third kappa shape index (κ3) is 4.52. The first-order valence-corrected chi connectivity index (χ1v) is 9.23. The molecule has 26 heavy (non-hydrogen) atoms. The van der Waals surface area contributed by atoms with Gasteiger partial charge in [0.25, 0.3) is 0 Å². The SMILES string of the molecule is COC(=O)Cc1cccc(OCCc2nc(-c3cc(C)cs3)oc2C)c1. The zero-order valence-electron chi connectivity index (χ0n) is 15.1. The van der Waals surface area contributed by atoms with Crippen LogP contribution < -0.4 is 4.74 Å². The van der Waals surface area contributed by atoms with Crippen LogP contribution in [0.5, 0.6) is 5.75 Å². The van der Waals surface area contributed by atoms with E-state index < -0.39 is 0 Å². The Balaban J connectivity index is 1.59. The second-order valence-electron chi connectivity index (χ2n) is 6.01. The zero-order chi connectivity index (χ0) is 18.5. The standard InChI is InChI=1S/C20H21NO4S/c1-13-9-18(26-12-13)20-21-17(14(2)25-20)7-8-24-16-6-4-5-15(10-16)11-19(22)23-3/h4-6,9-10,12H,7-8,11H2,1-3H3. The Kier molecular flexibility index (Phi) is 5.73. The second kappa shape index (κ2) is 8.19. The molecule has 2 aromatic heterocycles. The fourth-order valence-corrected chi connectivity index (χ4v) is 3.38. The fraction of sp³-hybridized carbons (Fsp3) is 0.300. The maximum atomic E-state index is 11.4. The summed E-state index contributed by atoms with van der Waals surface area (Å²) in [5, 5.41) is 2.08. The molecule has 3 aromatic rings. The Bertz CT molecular complexity index is 897. The van der Waals surface area contributed by atoms with Gasteiger partial charge < -0.3 is 13.9 Å². The lowest BCUT2D eigenvalue weighted by Crippen LogP contribution is -2.06. The van der Waals surface area contributed by atoms with Gasteiger partial charge in [0.05, 0.1) is 30.7 Å². The van der Waals surface area contributed by atoms with Crippen molar-refractivity contribution in [1.29, 1.82) is 0 Å². The highest BCUT2D eigenvalue weighted by molar-refractivity contribution is 7.13. The van der Waals surface area contributed by atoms with E-state index in [1.54, 1.807) is 11.3 Å². The molecule has 0 bridgehead atoms. The van der Waals surface area contributed by atoms with Crippen molar-refractivity contribution in [2.75, 3.05) is 13.7 Å². The number of oxazole rings is 1. The summed E-state index contributed by atoms with van der Waals surface area (Å²) in [5.41, 5.74) is 2.97. The zero-order valence-corrected chi connectivity index (χ0v) is 15.9. The molecule has 0 aliphatic carbocycles. The van der Waals surface area contributed by atoms with Crippen molar-refractivity contribution in [3.63, 3.8) is 0 Å². The molecule has 1 aromatic carbocycles. The van der Waals surface area contributed by atoms with Crippen LogP contribution in [0.3, 0.4) is 0 Å². The molecule has 0 aliphatic rings. The molecule has 2 heterocycles. The number of carbonyl (C=O) groups is 1. The molecule has 136 valence electrons. The molecule has 6 heteroatoms. The number of rotatable bonds is 7. The highest BCUT2D eigenvalue weighted by Crippen LogP contribution is 2.28. The van der Waals surface area contributed by atoms with Crippen LogP contribution in [0, 0.1) is 13.8 Å². The number of benzene rings is 1. The van der Waals surface area contributed by atoms with E-state index in [-0.39, 0.29) is 12.4 Å². The predicted molar refractivity (Wildman–Crippen MR) is 101 cm³/mol. The van der Waals surface area contributed by atoms with Gasteiger partial charge in [0, 0.05) is 6.42 Å². The van der Waals surface area contributed by atoms with Gasteiger partial charge in [-0.05, 0) is 48.6 Å². The van der Waals surface area contributed by atoms with Crippen molar-refractivity contribution < 1.29 is 18.7 Å². The van der Waals surface area contributed by atoms with Crippen molar-refractivity contribution in [3.8, 4) is 16.5 Å². The molecule has 0 N–H and O–H groups in total. The molecule has 0 amide bonds. The van der Waals surface area contributed by atoms with Crippen molar-refractivity contribution in [1.82, 2.24) is 4.98 Å². The Morgan fingerprint density at radius 3 is 2.85 bits per heavy atom. The van der Waals surface area contributed by atoms with Crippen molar-refractivity contribution in [2.45, 2.75) is 26.7 Å². The Morgan fingerprint density at radius 1 is 1.27 bits per heavy atom. The number of carbonyl (C=O) groups excluding carboxylic acids is 1. The van der Waals surface area contributed by atoms with Gasteiger partial charge in [-0.25, -0.2) is 4.98 Å². The maximum absolute atomic E-state index is 11.4. The average molecular weight is 371 g/mol. The van der Waals surface area contributed by atoms with Crippen molar-refractivity contribution >= 4 is 17.3 Å². The fourth-order valence-electron chi connectivity index (χ4n) is 2.56. The lowest BCUT2D eigenvalue weighted by atomic mass is 10.1. The third-order valence-corrected chi connectivity index (χ3v) is 4.95. The monoisotopic (exact) mass is 371 g/mol. The predicted octanol–water partition coefficient (Wildman–Crippen LogP) is 4.36. The van der Waals surface area contributed by atoms with E-state index in [4.69, 9.17) is 9.15 Å². The van der Waals surface area contributed by atoms with Crippen molar-refractivity contribution in [3.05, 3.63) is 58.3 Å². The van der Waals surface area contributed by atoms with Gasteiger partial charge in [-0.2, -0.15) is 0 Å². The molecule has 0 unspecified atom stereocenters. The van der Waals surface area contributed by atoms with E-state index in [1.807, 2.05) is 31.2 Å². The lowest BCUT2D eigenvalue weighted by Gasteiger charge is -2.07. The van der Waals surface area contributed by atoms with Crippen LogP contribution in [0.1, 0.15) is 22.6 Å². The summed E-state index contributed by atoms with van der Waals surface area (Å²) in [7, 11) is 1.38. The Labute approximate surface area is 156 Å². The van der Waals surface area contributed by atoms with Crippen LogP contribution in [-0.2, 0) is 22.4 Å². The quantitative estimate of drug-likeness (QED) is 0.578. The highest BCUT2D eigenvalue weighted by atomic mass is 32.1. The summed E-state index contributed by atoms with van der Waals surface area (Å²) in [6, 6.07) is 9.54. The van der Waals surface area contributed by atoms with Crippen LogP contribution in [0.25, 0.3) is 10.8 Å². The summed E-state index contributed by atoms with van der Waals surface area (Å²) >= 11 is 1.63. The Morgan fingerprint density at radius 2 is 2.12 bits per heavy atom. The minimum atomic E-state index is -0.267. The van der Waals surface area contributed by atoms with Crippen LogP contribution in [0.15, 0.2) is 40.1 Å². The normalized spacial score (nSPS) is 10.7. The second-order valence-corrected chi connectivity index (χ2v) is 6.92. The number of esters is 1. The molecule has 0 atom stereocenters. The van der Waals surface area contributed by atoms with Crippen molar-refractivity contribution in [2.24, 2.45) is 0 Å². The summed E-state index contributed by atoms with van der Waals surface area (Å²) in [5.74, 6) is 1.93. The van der Waals surface area contributed by atoms with E-state index in [2.05, 4.69) is 28.1 Å². The minimum absolute atomic E-state index is 0.236. The average Bonchev–Trinajstić information content (AvgIpc) is 3.21. The number of hydrogen-bond acceptors (Lipinski definition) is 6. The third-order valence-electron chi connectivity index (χ3n) is 3.92. The first-order chi connectivity index (χ1) is 12.5. The molecule has 0 saturated carbocycles. The van der Waals surface area contributed by atoms with Gasteiger partial charge in [-0.15, -0.1) is 11.3 Å². The van der Waals surface area contributed by atoms with E-state index >= 15 is 0 Å². The summed E-state index contributed by atoms with van der Waals surface area (Å²) < 4.78 is 16.3. The van der Waals surface area contributed by atoms with Gasteiger partial charge in [-0.3, -0.25) is 4.79 Å². The van der Waals surface area contributed by atoms with E-state index in [9.17, 15) is 4.79 Å². The van der Waals surface area contributed by atoms with Gasteiger partial charge in [0.1, 0.15) is 11.5 Å². The van der Waals surface area contributed by atoms with Gasteiger partial charge in [0.2, 0.25) is 5.89 Å². The van der Waals surface area contributed by atoms with Crippen LogP contribution in [0.4, 0.5) is 0 Å². The van der Waals surface area contributed by atoms with Gasteiger partial charge in [0.15, 0.2) is 0 Å². The molecular formula is C20H21NO4S. The largest absolute Gasteiger partial charge is 0.493 e. The van der Waals surface area contributed by atoms with Crippen LogP contribution in [0.2, 0.25) is 0 Å². The Hall–Kier alpha value is -2.60. The number of methoxy groups -OCH3 is 1. The topological polar surface area (TPSA) is 61.6 Å². The molecule has 5 nitrogen and oxygen atoms in total. The van der Waals surface area contributed by atoms with Gasteiger partial charge in [-0.1, -0.05) is 12.1 Å². The minimum Gasteiger partial charge on any atom is -0.493 e. The first-order valence-electron chi connectivity index (χ1n) is 8.35. The first kappa shape index (κ1) is 18.2. The van der Waals surface area contributed by atoms with E-state index in [1.165, 1.54) is 12.7 Å². The van der Waals surface area contributed by atoms with Crippen LogP contribution in [-0.4, -0.2) is 24.7 Å². The number of ether oxygens (including phenoxy) is 2. The molecule has 0 saturated heterocycles. The molecule has 0 spiro atoms. The van der Waals surface area contributed by atoms with Crippen LogP contribution >= 0.6 is 11.3 Å². The van der Waals surface area contributed by atoms with Gasteiger partial charge >= 0.3 is 5.97 Å². The summed E-state index contributed by atoms with van der Waals surface area (Å²) in [6.07, 6.45) is 0.889. The molecule has 0 aliphatic heterocycles. The molecule has 3 rings (SSSR count). The lowest BCUT2D eigenvalue weighted by molar-refractivity contribution is -0.139. The molecular weight excluding hydrogens is 350 g/mol.